The topological polar surface area (TPSA) is 54.4 Å². The van der Waals surface area contributed by atoms with Gasteiger partial charge < -0.3 is 5.11 Å². The van der Waals surface area contributed by atoms with Crippen LogP contribution >= 0.6 is 15.9 Å². The number of benzene rings is 1. The second-order valence-electron chi connectivity index (χ2n) is 4.54. The molecule has 18 heavy (non-hydrogen) atoms. The van der Waals surface area contributed by atoms with Gasteiger partial charge in [-0.05, 0) is 30.5 Å². The highest BCUT2D eigenvalue weighted by atomic mass is 79.9. The maximum Gasteiger partial charge on any atom is 0.335 e. The average Bonchev–Trinajstić information content (AvgIpc) is 2.85. The first kappa shape index (κ1) is 13.7. The van der Waals surface area contributed by atoms with Gasteiger partial charge in [-0.3, -0.25) is 4.21 Å². The van der Waals surface area contributed by atoms with Crippen LogP contribution in [0.2, 0.25) is 0 Å². The molecule has 1 N–H and O–H groups in total. The molecule has 0 aromatic heterocycles. The van der Waals surface area contributed by atoms with Crippen LogP contribution in [0.15, 0.2) is 22.7 Å². The summed E-state index contributed by atoms with van der Waals surface area (Å²) in [5.41, 5.74) is 1.17. The third-order valence-corrected chi connectivity index (χ3v) is 5.82. The Morgan fingerprint density at radius 1 is 1.39 bits per heavy atom. The molecule has 0 radical (unpaired) electrons. The molecule has 1 aliphatic carbocycles. The Hall–Kier alpha value is -0.680. The number of aromatic carboxylic acids is 1. The molecule has 1 aromatic carbocycles. The number of carbonyl (C=O) groups is 1. The quantitative estimate of drug-likeness (QED) is 0.921. The summed E-state index contributed by atoms with van der Waals surface area (Å²) in [7, 11) is -0.851. The molecular weight excluding hydrogens is 316 g/mol. The molecule has 1 unspecified atom stereocenters. The maximum atomic E-state index is 12.2. The van der Waals surface area contributed by atoms with Gasteiger partial charge in [0, 0.05) is 26.3 Å². The van der Waals surface area contributed by atoms with Crippen molar-refractivity contribution >= 4 is 32.7 Å². The first-order chi connectivity index (χ1) is 8.58. The lowest BCUT2D eigenvalue weighted by Crippen LogP contribution is -2.12. The van der Waals surface area contributed by atoms with Crippen LogP contribution in [0, 0.1) is 0 Å². The summed E-state index contributed by atoms with van der Waals surface area (Å²) in [6, 6.07) is 4.89. The van der Waals surface area contributed by atoms with E-state index < -0.39 is 16.8 Å². The zero-order chi connectivity index (χ0) is 13.1. The van der Waals surface area contributed by atoms with E-state index in [0.29, 0.717) is 11.0 Å². The van der Waals surface area contributed by atoms with Gasteiger partial charge in [-0.2, -0.15) is 0 Å². The van der Waals surface area contributed by atoms with Crippen LogP contribution in [0.5, 0.6) is 0 Å². The van der Waals surface area contributed by atoms with Crippen molar-refractivity contribution in [3.8, 4) is 0 Å². The van der Waals surface area contributed by atoms with Crippen molar-refractivity contribution < 1.29 is 14.1 Å². The van der Waals surface area contributed by atoms with E-state index in [1.54, 1.807) is 18.2 Å². The largest absolute Gasteiger partial charge is 0.478 e. The predicted molar refractivity (Wildman–Crippen MR) is 75.2 cm³/mol. The van der Waals surface area contributed by atoms with E-state index in [9.17, 15) is 9.00 Å². The number of carboxylic acid groups (broad SMARTS) is 1. The molecule has 0 saturated heterocycles. The van der Waals surface area contributed by atoms with Crippen molar-refractivity contribution in [3.63, 3.8) is 0 Å². The normalized spacial score (nSPS) is 17.8. The predicted octanol–water partition coefficient (Wildman–Crippen LogP) is 3.34. The van der Waals surface area contributed by atoms with Crippen LogP contribution in [-0.4, -0.2) is 20.5 Å². The second-order valence-corrected chi connectivity index (χ2v) is 7.11. The van der Waals surface area contributed by atoms with Gasteiger partial charge in [0.25, 0.3) is 0 Å². The number of hydrogen-bond acceptors (Lipinski definition) is 2. The van der Waals surface area contributed by atoms with Crippen molar-refractivity contribution in [2.24, 2.45) is 0 Å². The highest BCUT2D eigenvalue weighted by molar-refractivity contribution is 9.10. The van der Waals surface area contributed by atoms with Gasteiger partial charge in [-0.25, -0.2) is 4.79 Å². The maximum absolute atomic E-state index is 12.2. The summed E-state index contributed by atoms with van der Waals surface area (Å²) in [5.74, 6) is -0.440. The third kappa shape index (κ3) is 3.20. The SMILES string of the molecule is O=C(O)c1ccc(CS(=O)C2CCCC2)c(Br)c1. The minimum atomic E-state index is -0.945. The van der Waals surface area contributed by atoms with Gasteiger partial charge in [0.15, 0.2) is 0 Å². The van der Waals surface area contributed by atoms with Crippen LogP contribution in [0.4, 0.5) is 0 Å². The fourth-order valence-corrected chi connectivity index (χ4v) is 4.58. The smallest absolute Gasteiger partial charge is 0.335 e. The number of halogens is 1. The highest BCUT2D eigenvalue weighted by Gasteiger charge is 2.22. The Kier molecular flexibility index (Phi) is 4.56. The first-order valence-electron chi connectivity index (χ1n) is 5.97. The van der Waals surface area contributed by atoms with Crippen LogP contribution in [0.1, 0.15) is 41.6 Å². The van der Waals surface area contributed by atoms with E-state index in [2.05, 4.69) is 15.9 Å². The summed E-state index contributed by atoms with van der Waals surface area (Å²) in [5, 5.41) is 9.19. The summed E-state index contributed by atoms with van der Waals surface area (Å²) < 4.78 is 12.9. The van der Waals surface area contributed by atoms with Crippen molar-refractivity contribution in [2.45, 2.75) is 36.7 Å². The van der Waals surface area contributed by atoms with Crippen LogP contribution in [0.3, 0.4) is 0 Å². The van der Waals surface area contributed by atoms with E-state index in [-0.39, 0.29) is 5.56 Å². The van der Waals surface area contributed by atoms with Crippen LogP contribution in [-0.2, 0) is 16.6 Å². The summed E-state index contributed by atoms with van der Waals surface area (Å²) in [6.07, 6.45) is 4.46. The Bertz CT molecular complexity index is 481. The summed E-state index contributed by atoms with van der Waals surface area (Å²) in [6.45, 7) is 0. The molecule has 2 rings (SSSR count). The molecule has 98 valence electrons. The number of hydrogen-bond donors (Lipinski definition) is 1. The van der Waals surface area contributed by atoms with Gasteiger partial charge in [-0.1, -0.05) is 34.8 Å². The Morgan fingerprint density at radius 2 is 2.06 bits per heavy atom. The summed E-state index contributed by atoms with van der Waals surface area (Å²) in [4.78, 5) is 10.8. The molecule has 0 bridgehead atoms. The molecule has 1 saturated carbocycles. The standard InChI is InChI=1S/C13H15BrO3S/c14-12-7-9(13(15)16)5-6-10(12)8-18(17)11-3-1-2-4-11/h5-7,11H,1-4,8H2,(H,15,16). The number of rotatable bonds is 4. The molecule has 0 spiro atoms. The van der Waals surface area contributed by atoms with Crippen molar-refractivity contribution in [2.75, 3.05) is 0 Å². The molecule has 1 aromatic rings. The Labute approximate surface area is 117 Å². The van der Waals surface area contributed by atoms with Crippen LogP contribution in [0.25, 0.3) is 0 Å². The molecule has 1 atom stereocenters. The monoisotopic (exact) mass is 330 g/mol. The molecule has 0 heterocycles. The fraction of sp³-hybridized carbons (Fsp3) is 0.462. The molecule has 0 aliphatic heterocycles. The van der Waals surface area contributed by atoms with Gasteiger partial charge in [0.1, 0.15) is 0 Å². The lowest BCUT2D eigenvalue weighted by atomic mass is 10.1. The van der Waals surface area contributed by atoms with Crippen LogP contribution < -0.4 is 0 Å². The molecule has 1 aliphatic rings. The molecular formula is C13H15BrO3S. The highest BCUT2D eigenvalue weighted by Crippen LogP contribution is 2.27. The van der Waals surface area contributed by atoms with Crippen molar-refractivity contribution in [3.05, 3.63) is 33.8 Å². The fourth-order valence-electron chi connectivity index (χ4n) is 2.22. The minimum absolute atomic E-state index is 0.247. The number of carboxylic acids is 1. The van der Waals surface area contributed by atoms with Crippen molar-refractivity contribution in [1.82, 2.24) is 0 Å². The zero-order valence-corrected chi connectivity index (χ0v) is 12.3. The lowest BCUT2D eigenvalue weighted by Gasteiger charge is -2.10. The van der Waals surface area contributed by atoms with Gasteiger partial charge in [0.2, 0.25) is 0 Å². The molecule has 1 fully saturated rings. The van der Waals surface area contributed by atoms with Crippen molar-refractivity contribution in [1.29, 1.82) is 0 Å². The molecule has 5 heteroatoms. The molecule has 0 amide bonds. The Balaban J connectivity index is 2.09. The minimum Gasteiger partial charge on any atom is -0.478 e. The van der Waals surface area contributed by atoms with E-state index in [0.717, 1.165) is 22.9 Å². The first-order valence-corrected chi connectivity index (χ1v) is 8.14. The second kappa shape index (κ2) is 5.97. The van der Waals surface area contributed by atoms with Gasteiger partial charge in [0.05, 0.1) is 5.56 Å². The third-order valence-electron chi connectivity index (χ3n) is 3.27. The van der Waals surface area contributed by atoms with E-state index in [1.807, 2.05) is 0 Å². The molecule has 3 nitrogen and oxygen atoms in total. The van der Waals surface area contributed by atoms with Gasteiger partial charge >= 0.3 is 5.97 Å². The van der Waals surface area contributed by atoms with E-state index in [1.165, 1.54) is 12.8 Å². The zero-order valence-electron chi connectivity index (χ0n) is 9.89. The van der Waals surface area contributed by atoms with E-state index >= 15 is 0 Å². The van der Waals surface area contributed by atoms with E-state index in [4.69, 9.17) is 5.11 Å². The van der Waals surface area contributed by atoms with Gasteiger partial charge in [-0.15, -0.1) is 0 Å². The Morgan fingerprint density at radius 3 is 2.61 bits per heavy atom. The summed E-state index contributed by atoms with van der Waals surface area (Å²) >= 11 is 3.35. The average molecular weight is 331 g/mol. The lowest BCUT2D eigenvalue weighted by molar-refractivity contribution is 0.0697.